The molecule has 9 rings (SSSR count). The predicted octanol–water partition coefficient (Wildman–Crippen LogP) is -4.37. The van der Waals surface area contributed by atoms with E-state index in [9.17, 15) is 116 Å². The van der Waals surface area contributed by atoms with Crippen LogP contribution >= 0.6 is 0 Å². The van der Waals surface area contributed by atoms with Crippen LogP contribution in [0.3, 0.4) is 0 Å². The highest BCUT2D eigenvalue weighted by molar-refractivity contribution is 5.88. The van der Waals surface area contributed by atoms with Crippen LogP contribution in [0.2, 0.25) is 0 Å². The molecule has 0 amide bonds. The van der Waals surface area contributed by atoms with Gasteiger partial charge >= 0.3 is 17.9 Å². The summed E-state index contributed by atoms with van der Waals surface area (Å²) in [5.74, 6) is -11.7. The van der Waals surface area contributed by atoms with Gasteiger partial charge in [0.1, 0.15) is 97.5 Å². The number of hydrogen-bond donors (Lipinski definition) is 19. The lowest BCUT2D eigenvalue weighted by atomic mass is 9.97. The van der Waals surface area contributed by atoms with Crippen molar-refractivity contribution in [2.24, 2.45) is 0 Å². The summed E-state index contributed by atoms with van der Waals surface area (Å²) in [6, 6.07) is 11.3. The summed E-state index contributed by atoms with van der Waals surface area (Å²) in [6.07, 6.45) is -37.6. The summed E-state index contributed by atoms with van der Waals surface area (Å²) in [6.45, 7) is -2.88. The number of aliphatic hydroxyl groups is 12. The first-order valence-electron chi connectivity index (χ1n) is 27.1. The van der Waals surface area contributed by atoms with Gasteiger partial charge in [0.15, 0.2) is 76.0 Å². The molecule has 0 saturated carbocycles. The topological polar surface area (TPSA) is 558 Å². The maximum absolute atomic E-state index is 14.2. The molecule has 34 nitrogen and oxygen atoms in total. The van der Waals surface area contributed by atoms with E-state index >= 15 is 0 Å². The average Bonchev–Trinajstić information content (AvgIpc) is 1.80. The molecular weight excluding hydrogens is 1230 g/mol. The van der Waals surface area contributed by atoms with Gasteiger partial charge in [0.05, 0.1) is 18.8 Å². The Bertz CT molecular complexity index is 3520. The number of benzene rings is 4. The molecule has 0 aromatic heterocycles. The molecule has 4 fully saturated rings. The van der Waals surface area contributed by atoms with Gasteiger partial charge in [-0.05, 0) is 65.7 Å². The minimum atomic E-state index is -2.26. The van der Waals surface area contributed by atoms with E-state index in [1.54, 1.807) is 0 Å². The number of esters is 2. The van der Waals surface area contributed by atoms with Crippen molar-refractivity contribution in [1.29, 1.82) is 0 Å². The number of rotatable bonds is 19. The molecule has 3 aromatic rings. The highest BCUT2D eigenvalue weighted by Gasteiger charge is 2.54. The Morgan fingerprint density at radius 1 is 0.495 bits per heavy atom. The van der Waals surface area contributed by atoms with Crippen molar-refractivity contribution in [1.82, 2.24) is 0 Å². The van der Waals surface area contributed by atoms with Crippen molar-refractivity contribution in [3.8, 4) is 74.4 Å². The van der Waals surface area contributed by atoms with E-state index in [0.29, 0.717) is 0 Å². The molecule has 492 valence electrons. The number of aliphatic hydroxyl groups excluding tert-OH is 12. The molecule has 0 spiro atoms. The SMILES string of the molecule is O=C(C=Cc1ccc(O)c(O)c1)OC[C@H]1O[C@@H](Oc2cc3oc(-c4cc(O)c(O)c(O[C@@H]5O[C@H](C(=O)O)[C@@H](O)[C@H](O)[C@H]5O)c4)c(O[C@@H]4O[C@H](CO)[C@H](O)[C@H](O)[C@H]4O[C@@H]4O[C@H](CO)[C@@H](O)[C@H](O)[C@H]4OC(=O)C=Cc4ccc(O)c(O)c4)cc-3c(=O)c2)[C@H](O)[C@@H](O)[C@@H]1O. The molecule has 20 atom stereocenters. The number of carboxylic acid groups (broad SMARTS) is 1. The molecule has 6 aliphatic rings. The van der Waals surface area contributed by atoms with Crippen molar-refractivity contribution in [2.75, 3.05) is 19.8 Å². The van der Waals surface area contributed by atoms with Crippen LogP contribution in [0.25, 0.3) is 34.8 Å². The quantitative estimate of drug-likeness (QED) is 0.0211. The second-order valence-corrected chi connectivity index (χ2v) is 20.9. The predicted molar refractivity (Wildman–Crippen MR) is 292 cm³/mol. The van der Waals surface area contributed by atoms with Crippen LogP contribution < -0.4 is 19.6 Å². The number of aromatic hydroxyl groups is 6. The fraction of sp³-hybridized carbons (Fsp3) is 0.404. The number of phenolic OH excluding ortho intramolecular Hbond substituents is 6. The lowest BCUT2D eigenvalue weighted by molar-refractivity contribution is -0.358. The Balaban J connectivity index is 1.07. The number of aliphatic carboxylic acids is 1. The Hall–Kier alpha value is -8.50. The average molecular weight is 1290 g/mol. The van der Waals surface area contributed by atoms with Crippen molar-refractivity contribution < 1.29 is 163 Å². The van der Waals surface area contributed by atoms with Crippen molar-refractivity contribution in [3.63, 3.8) is 0 Å². The van der Waals surface area contributed by atoms with E-state index in [-0.39, 0.29) is 11.1 Å². The standard InChI is InChI=1S/C57H60O34/c58-16-33-40(70)45(75)52(91-57-51(44(74)39(69)34(17-59)87-57)89-37(67)8-4-20-2-6-25(61)28(64)10-20)56(86-33)85-32-15-23-26(62)13-22(82-54-47(77)42(72)41(71)35(88-54)18-81-36(66)7-3-19-1-5-24(60)27(63)9-19)14-30(23)83-49(32)21-11-29(65)38(68)31(12-21)84-55-48(78)43(73)46(76)50(90-55)53(79)80/h1-15,33-35,39-48,50-52,54-61,63-65,68-78H,16-18H2,(H,79,80)/t33-,34-,35-,39-,40+,41-,42+,43+,44+,45+,46+,47-,48-,50+,51-,52-,54-,55-,56-,57+/m1/s1. The van der Waals surface area contributed by atoms with E-state index in [1.807, 2.05) is 0 Å². The van der Waals surface area contributed by atoms with Crippen LogP contribution in [0.1, 0.15) is 11.1 Å². The van der Waals surface area contributed by atoms with E-state index < -0.39 is 240 Å². The maximum atomic E-state index is 14.2. The van der Waals surface area contributed by atoms with Crippen molar-refractivity contribution >= 4 is 30.1 Å². The molecule has 0 radical (unpaired) electrons. The first-order valence-corrected chi connectivity index (χ1v) is 27.1. The van der Waals surface area contributed by atoms with Gasteiger partial charge in [0.2, 0.25) is 24.6 Å². The second kappa shape index (κ2) is 27.9. The molecule has 4 saturated heterocycles. The summed E-state index contributed by atoms with van der Waals surface area (Å²) < 4.78 is 62.9. The lowest BCUT2D eigenvalue weighted by Crippen LogP contribution is -2.65. The molecule has 0 unspecified atom stereocenters. The molecular formula is C57H60O34. The highest BCUT2D eigenvalue weighted by atomic mass is 16.8. The number of phenols is 6. The number of fused-ring (bicyclic) bond motifs is 1. The Morgan fingerprint density at radius 3 is 1.63 bits per heavy atom. The third kappa shape index (κ3) is 14.5. The molecule has 5 aliphatic heterocycles. The maximum Gasteiger partial charge on any atom is 0.335 e. The molecule has 5 heterocycles. The largest absolute Gasteiger partial charge is 0.504 e. The number of carboxylic acids is 1. The number of ether oxygens (including phenoxy) is 10. The smallest absolute Gasteiger partial charge is 0.335 e. The van der Waals surface area contributed by atoms with Crippen molar-refractivity contribution in [2.45, 2.75) is 123 Å². The van der Waals surface area contributed by atoms with Crippen LogP contribution in [0.4, 0.5) is 0 Å². The first kappa shape index (κ1) is 66.9. The van der Waals surface area contributed by atoms with Crippen LogP contribution in [-0.2, 0) is 47.5 Å². The third-order valence-electron chi connectivity index (χ3n) is 14.7. The van der Waals surface area contributed by atoms with Gasteiger partial charge in [-0.15, -0.1) is 0 Å². The third-order valence-corrected chi connectivity index (χ3v) is 14.7. The van der Waals surface area contributed by atoms with Gasteiger partial charge in [0, 0.05) is 29.8 Å². The van der Waals surface area contributed by atoms with Gasteiger partial charge in [-0.3, -0.25) is 4.79 Å². The molecule has 1 aliphatic carbocycles. The number of carbonyl (C=O) groups excluding carboxylic acids is 2. The van der Waals surface area contributed by atoms with E-state index in [4.69, 9.17) is 51.8 Å². The molecule has 19 N–H and O–H groups in total. The van der Waals surface area contributed by atoms with Crippen molar-refractivity contribution in [3.05, 3.63) is 100 Å². The fourth-order valence-electron chi connectivity index (χ4n) is 9.76. The Morgan fingerprint density at radius 2 is 1.03 bits per heavy atom. The molecule has 3 aromatic carbocycles. The molecule has 91 heavy (non-hydrogen) atoms. The minimum Gasteiger partial charge on any atom is -0.504 e. The Kier molecular flexibility index (Phi) is 20.5. The zero-order valence-electron chi connectivity index (χ0n) is 46.4. The first-order chi connectivity index (χ1) is 43.2. The number of hydrogen-bond acceptors (Lipinski definition) is 33. The summed E-state index contributed by atoms with van der Waals surface area (Å²) in [4.78, 5) is 52.1. The lowest BCUT2D eigenvalue weighted by Gasteiger charge is -2.46. The van der Waals surface area contributed by atoms with E-state index in [0.717, 1.165) is 72.8 Å². The van der Waals surface area contributed by atoms with Crippen LogP contribution in [0.5, 0.6) is 51.7 Å². The Labute approximate surface area is 509 Å². The summed E-state index contributed by atoms with van der Waals surface area (Å²) in [7, 11) is 0. The second-order valence-electron chi connectivity index (χ2n) is 20.9. The van der Waals surface area contributed by atoms with Crippen LogP contribution in [0, 0.1) is 0 Å². The zero-order chi connectivity index (χ0) is 66.0. The van der Waals surface area contributed by atoms with Gasteiger partial charge in [-0.25, -0.2) is 14.4 Å². The summed E-state index contributed by atoms with van der Waals surface area (Å²) >= 11 is 0. The fourth-order valence-corrected chi connectivity index (χ4v) is 9.76. The minimum absolute atomic E-state index is 0.151. The van der Waals surface area contributed by atoms with Crippen LogP contribution in [0.15, 0.2) is 88.1 Å². The van der Waals surface area contributed by atoms with Gasteiger partial charge in [-0.1, -0.05) is 12.1 Å². The zero-order valence-corrected chi connectivity index (χ0v) is 46.4. The van der Waals surface area contributed by atoms with E-state index in [2.05, 4.69) is 0 Å². The van der Waals surface area contributed by atoms with Crippen LogP contribution in [-0.4, -0.2) is 258 Å². The van der Waals surface area contributed by atoms with Gasteiger partial charge < -0.3 is 149 Å². The van der Waals surface area contributed by atoms with E-state index in [1.165, 1.54) is 18.2 Å². The highest BCUT2D eigenvalue weighted by Crippen LogP contribution is 2.46. The normalized spacial score (nSPS) is 31.9. The summed E-state index contributed by atoms with van der Waals surface area (Å²) in [5.41, 5.74) is -1.58. The summed E-state index contributed by atoms with van der Waals surface area (Å²) in [5, 5.41) is 201. The van der Waals surface area contributed by atoms with Gasteiger partial charge in [0.25, 0.3) is 0 Å². The number of carbonyl (C=O) groups is 3. The van der Waals surface area contributed by atoms with Gasteiger partial charge in [-0.2, -0.15) is 0 Å². The molecule has 34 heteroatoms. The monoisotopic (exact) mass is 1290 g/mol. The molecule has 0 bridgehead atoms.